The maximum Gasteiger partial charge on any atom is 0.164 e. The van der Waals surface area contributed by atoms with Gasteiger partial charge in [0.2, 0.25) is 0 Å². The molecule has 0 atom stereocenters. The average molecular weight is 693 g/mol. The lowest BCUT2D eigenvalue weighted by molar-refractivity contribution is 0.673. The fourth-order valence-electron chi connectivity index (χ4n) is 7.37. The molecule has 2 aromatic heterocycles. The zero-order chi connectivity index (χ0) is 35.8. The van der Waals surface area contributed by atoms with E-state index in [2.05, 4.69) is 132 Å². The first-order chi connectivity index (χ1) is 26.8. The molecule has 0 saturated heterocycles. The number of aromatic nitrogens is 3. The maximum atomic E-state index is 6.84. The van der Waals surface area contributed by atoms with E-state index in [1.807, 2.05) is 66.7 Å². The summed E-state index contributed by atoms with van der Waals surface area (Å²) in [5.74, 6) is 1.90. The number of rotatable bonds is 7. The van der Waals surface area contributed by atoms with Gasteiger partial charge in [0.05, 0.1) is 5.69 Å². The quantitative estimate of drug-likeness (QED) is 0.166. The highest BCUT2D eigenvalue weighted by Gasteiger charge is 2.22. The third kappa shape index (κ3) is 5.56. The number of hydrogen-bond donors (Lipinski definition) is 0. The summed E-state index contributed by atoms with van der Waals surface area (Å²) in [6.07, 6.45) is 0. The van der Waals surface area contributed by atoms with Crippen LogP contribution in [0.2, 0.25) is 0 Å². The van der Waals surface area contributed by atoms with Crippen molar-refractivity contribution in [3.63, 3.8) is 0 Å². The summed E-state index contributed by atoms with van der Waals surface area (Å²) in [5, 5.41) is 4.31. The summed E-state index contributed by atoms with van der Waals surface area (Å²) >= 11 is 0. The molecule has 8 aromatic carbocycles. The molecule has 0 aliphatic rings. The highest BCUT2D eigenvalue weighted by Crippen LogP contribution is 2.47. The normalized spacial score (nSPS) is 11.3. The molecule has 0 fully saturated rings. The van der Waals surface area contributed by atoms with E-state index in [1.54, 1.807) is 0 Å². The lowest BCUT2D eigenvalue weighted by Gasteiger charge is -2.27. The summed E-state index contributed by atoms with van der Waals surface area (Å²) in [6, 6.07) is 66.8. The van der Waals surface area contributed by atoms with E-state index in [0.717, 1.165) is 77.6 Å². The van der Waals surface area contributed by atoms with Crippen LogP contribution in [-0.2, 0) is 0 Å². The Kier molecular flexibility index (Phi) is 7.73. The van der Waals surface area contributed by atoms with Crippen LogP contribution < -0.4 is 4.90 Å². The fraction of sp³-hybridized carbons (Fsp3) is 0. The second-order valence-corrected chi connectivity index (χ2v) is 13.2. The van der Waals surface area contributed by atoms with E-state index in [0.29, 0.717) is 17.5 Å². The average Bonchev–Trinajstić information content (AvgIpc) is 3.65. The van der Waals surface area contributed by atoms with Crippen molar-refractivity contribution in [3.8, 4) is 45.3 Å². The molecule has 0 aliphatic heterocycles. The van der Waals surface area contributed by atoms with E-state index in [4.69, 9.17) is 19.4 Å². The van der Waals surface area contributed by atoms with Crippen LogP contribution in [0.3, 0.4) is 0 Å². The van der Waals surface area contributed by atoms with Crippen LogP contribution in [0.25, 0.3) is 78.0 Å². The molecule has 2 heterocycles. The monoisotopic (exact) mass is 692 g/mol. The number of hydrogen-bond acceptors (Lipinski definition) is 5. The van der Waals surface area contributed by atoms with E-state index in [9.17, 15) is 0 Å². The van der Waals surface area contributed by atoms with E-state index >= 15 is 0 Å². The van der Waals surface area contributed by atoms with Gasteiger partial charge in [-0.2, -0.15) is 0 Å². The molecular formula is C49H32N4O. The maximum absolute atomic E-state index is 6.84. The third-order valence-corrected chi connectivity index (χ3v) is 9.89. The Bertz CT molecular complexity index is 2810. The largest absolute Gasteiger partial charge is 0.455 e. The summed E-state index contributed by atoms with van der Waals surface area (Å²) in [6.45, 7) is 0. The molecule has 5 nitrogen and oxygen atoms in total. The van der Waals surface area contributed by atoms with Crippen molar-refractivity contribution in [1.29, 1.82) is 0 Å². The first-order valence-electron chi connectivity index (χ1n) is 18.0. The Labute approximate surface area is 312 Å². The molecule has 0 N–H and O–H groups in total. The zero-order valence-corrected chi connectivity index (χ0v) is 29.2. The minimum Gasteiger partial charge on any atom is -0.455 e. The lowest BCUT2D eigenvalue weighted by atomic mass is 9.93. The second-order valence-electron chi connectivity index (χ2n) is 13.2. The van der Waals surface area contributed by atoms with Crippen molar-refractivity contribution in [2.24, 2.45) is 0 Å². The Morgan fingerprint density at radius 1 is 0.389 bits per heavy atom. The molecule has 0 unspecified atom stereocenters. The summed E-state index contributed by atoms with van der Waals surface area (Å²) in [5.41, 5.74) is 9.88. The Morgan fingerprint density at radius 2 is 0.870 bits per heavy atom. The van der Waals surface area contributed by atoms with Crippen LogP contribution in [0.1, 0.15) is 0 Å². The first-order valence-corrected chi connectivity index (χ1v) is 18.0. The van der Waals surface area contributed by atoms with Crippen LogP contribution in [0.15, 0.2) is 199 Å². The highest BCUT2D eigenvalue weighted by atomic mass is 16.3. The van der Waals surface area contributed by atoms with Crippen LogP contribution in [-0.4, -0.2) is 15.0 Å². The molecule has 0 aliphatic carbocycles. The molecule has 5 heteroatoms. The van der Waals surface area contributed by atoms with Crippen LogP contribution in [0.4, 0.5) is 17.1 Å². The van der Waals surface area contributed by atoms with Gasteiger partial charge in [0.15, 0.2) is 17.5 Å². The van der Waals surface area contributed by atoms with Gasteiger partial charge in [-0.25, -0.2) is 15.0 Å². The minimum absolute atomic E-state index is 0.623. The van der Waals surface area contributed by atoms with Crippen LogP contribution in [0, 0.1) is 0 Å². The first kappa shape index (κ1) is 31.4. The molecular weight excluding hydrogens is 661 g/mol. The van der Waals surface area contributed by atoms with Gasteiger partial charge in [-0.1, -0.05) is 152 Å². The standard InChI is InChI=1S/C49H32N4O/c1-5-16-34(17-6-1)47-50-48(35-18-7-2-8-19-35)52-49(51-47)36-30-28-33(29-31-36)41-32-37-20-15-26-42(44(37)46-45(41)40-25-13-14-27-43(40)54-46)53(38-21-9-3-10-22-38)39-23-11-4-12-24-39/h1-32H. The molecule has 0 radical (unpaired) electrons. The van der Waals surface area contributed by atoms with Crippen molar-refractivity contribution in [2.45, 2.75) is 0 Å². The Morgan fingerprint density at radius 3 is 1.44 bits per heavy atom. The summed E-state index contributed by atoms with van der Waals surface area (Å²) in [7, 11) is 0. The number of fused-ring (bicyclic) bond motifs is 5. The van der Waals surface area contributed by atoms with E-state index < -0.39 is 0 Å². The number of anilines is 3. The molecule has 10 rings (SSSR count). The van der Waals surface area contributed by atoms with Crippen molar-refractivity contribution in [3.05, 3.63) is 194 Å². The van der Waals surface area contributed by atoms with Gasteiger partial charge < -0.3 is 9.32 Å². The molecule has 0 bridgehead atoms. The molecule has 54 heavy (non-hydrogen) atoms. The van der Waals surface area contributed by atoms with Gasteiger partial charge in [0.1, 0.15) is 11.2 Å². The highest BCUT2D eigenvalue weighted by molar-refractivity contribution is 6.24. The van der Waals surface area contributed by atoms with Gasteiger partial charge in [-0.15, -0.1) is 0 Å². The molecule has 10 aromatic rings. The lowest BCUT2D eigenvalue weighted by Crippen LogP contribution is -2.10. The number of furan rings is 1. The number of benzene rings is 8. The fourth-order valence-corrected chi connectivity index (χ4v) is 7.37. The summed E-state index contributed by atoms with van der Waals surface area (Å²) in [4.78, 5) is 17.1. The van der Waals surface area contributed by atoms with Gasteiger partial charge in [-0.05, 0) is 59.0 Å². The van der Waals surface area contributed by atoms with Crippen LogP contribution in [0.5, 0.6) is 0 Å². The third-order valence-electron chi connectivity index (χ3n) is 9.89. The summed E-state index contributed by atoms with van der Waals surface area (Å²) < 4.78 is 6.84. The molecule has 0 saturated carbocycles. The molecule has 0 spiro atoms. The predicted molar refractivity (Wildman–Crippen MR) is 221 cm³/mol. The predicted octanol–water partition coefficient (Wildman–Crippen LogP) is 13.1. The second kappa shape index (κ2) is 13.3. The molecule has 254 valence electrons. The van der Waals surface area contributed by atoms with Crippen molar-refractivity contribution in [2.75, 3.05) is 4.90 Å². The van der Waals surface area contributed by atoms with Gasteiger partial charge in [-0.3, -0.25) is 0 Å². The zero-order valence-electron chi connectivity index (χ0n) is 29.2. The Hall–Kier alpha value is -7.37. The van der Waals surface area contributed by atoms with Gasteiger partial charge in [0.25, 0.3) is 0 Å². The smallest absolute Gasteiger partial charge is 0.164 e. The van der Waals surface area contributed by atoms with Crippen molar-refractivity contribution in [1.82, 2.24) is 15.0 Å². The number of nitrogens with zero attached hydrogens (tertiary/aromatic N) is 4. The SMILES string of the molecule is c1ccc(-c2nc(-c3ccccc3)nc(-c3ccc(-c4cc5cccc(N(c6ccccc6)c6ccccc6)c5c5oc6ccccc6c45)cc3)n2)cc1. The topological polar surface area (TPSA) is 55.1 Å². The minimum atomic E-state index is 0.623. The van der Waals surface area contributed by atoms with E-state index in [1.165, 1.54) is 0 Å². The van der Waals surface area contributed by atoms with E-state index in [-0.39, 0.29) is 0 Å². The Balaban J connectivity index is 1.15. The van der Waals surface area contributed by atoms with Crippen molar-refractivity contribution >= 4 is 49.8 Å². The van der Waals surface area contributed by atoms with Crippen molar-refractivity contribution < 1.29 is 4.42 Å². The molecule has 0 amide bonds. The van der Waals surface area contributed by atoms with Gasteiger partial charge in [0, 0.05) is 44.2 Å². The van der Waals surface area contributed by atoms with Gasteiger partial charge >= 0.3 is 0 Å². The number of para-hydroxylation sites is 3. The van der Waals surface area contributed by atoms with Crippen LogP contribution >= 0.6 is 0 Å².